The van der Waals surface area contributed by atoms with Crippen molar-refractivity contribution < 1.29 is 0 Å². The van der Waals surface area contributed by atoms with Crippen molar-refractivity contribution in [1.82, 2.24) is 9.80 Å². The standard InChI is InChI=1S/C26H52N2/c1-5-7-9-11-13-14-15-16-18-20-22-28-24-23-27(26(28)25(3)4)21-19-17-12-10-8-6-2/h23-26H,5-22H2,1-4H3. The summed E-state index contributed by atoms with van der Waals surface area (Å²) in [5.74, 6) is 0.693. The van der Waals surface area contributed by atoms with Crippen molar-refractivity contribution in [2.75, 3.05) is 13.1 Å². The highest BCUT2D eigenvalue weighted by molar-refractivity contribution is 4.98. The molecule has 2 nitrogen and oxygen atoms in total. The third kappa shape index (κ3) is 11.4. The number of hydrogen-bond acceptors (Lipinski definition) is 2. The van der Waals surface area contributed by atoms with Crippen LogP contribution in [0.5, 0.6) is 0 Å². The summed E-state index contributed by atoms with van der Waals surface area (Å²) >= 11 is 0. The number of hydrogen-bond donors (Lipinski definition) is 0. The third-order valence-electron chi connectivity index (χ3n) is 6.27. The Balaban J connectivity index is 2.10. The maximum atomic E-state index is 2.62. The lowest BCUT2D eigenvalue weighted by molar-refractivity contribution is 0.104. The molecule has 1 rings (SSSR count). The van der Waals surface area contributed by atoms with Gasteiger partial charge in [-0.1, -0.05) is 118 Å². The third-order valence-corrected chi connectivity index (χ3v) is 6.27. The van der Waals surface area contributed by atoms with Crippen LogP contribution in [0, 0.1) is 5.92 Å². The molecule has 0 spiro atoms. The zero-order chi connectivity index (χ0) is 20.5. The molecule has 0 N–H and O–H groups in total. The van der Waals surface area contributed by atoms with E-state index in [2.05, 4.69) is 49.9 Å². The van der Waals surface area contributed by atoms with Crippen LogP contribution in [0.1, 0.15) is 130 Å². The second kappa shape index (κ2) is 17.2. The fraction of sp³-hybridized carbons (Fsp3) is 0.923. The quantitative estimate of drug-likeness (QED) is 0.204. The van der Waals surface area contributed by atoms with Crippen LogP contribution < -0.4 is 0 Å². The summed E-state index contributed by atoms with van der Waals surface area (Å²) in [6.45, 7) is 11.8. The average Bonchev–Trinajstić information content (AvgIpc) is 3.09. The van der Waals surface area contributed by atoms with E-state index >= 15 is 0 Å². The van der Waals surface area contributed by atoms with E-state index in [4.69, 9.17) is 0 Å². The smallest absolute Gasteiger partial charge is 0.103 e. The first-order chi connectivity index (χ1) is 13.7. The number of unbranched alkanes of at least 4 members (excludes halogenated alkanes) is 14. The zero-order valence-corrected chi connectivity index (χ0v) is 19.9. The van der Waals surface area contributed by atoms with Crippen molar-refractivity contribution in [1.29, 1.82) is 0 Å². The van der Waals surface area contributed by atoms with Gasteiger partial charge in [-0.25, -0.2) is 0 Å². The van der Waals surface area contributed by atoms with Gasteiger partial charge in [-0.05, 0) is 18.8 Å². The molecule has 0 aromatic carbocycles. The van der Waals surface area contributed by atoms with Crippen molar-refractivity contribution in [2.45, 2.75) is 137 Å². The Bertz CT molecular complexity index is 363. The van der Waals surface area contributed by atoms with E-state index in [0.29, 0.717) is 12.1 Å². The molecule has 0 bridgehead atoms. The number of rotatable bonds is 19. The molecule has 1 heterocycles. The predicted molar refractivity (Wildman–Crippen MR) is 126 cm³/mol. The predicted octanol–water partition coefficient (Wildman–Crippen LogP) is 8.34. The van der Waals surface area contributed by atoms with E-state index in [0.717, 1.165) is 0 Å². The first kappa shape index (κ1) is 25.4. The van der Waals surface area contributed by atoms with Crippen molar-refractivity contribution in [3.05, 3.63) is 12.4 Å². The summed E-state index contributed by atoms with van der Waals surface area (Å²) in [5, 5.41) is 0. The Morgan fingerprint density at radius 1 is 0.536 bits per heavy atom. The topological polar surface area (TPSA) is 6.48 Å². The molecule has 0 aliphatic carbocycles. The first-order valence-electron chi connectivity index (χ1n) is 12.9. The molecule has 0 amide bonds. The molecule has 0 aromatic heterocycles. The summed E-state index contributed by atoms with van der Waals surface area (Å²) in [6, 6.07) is 0. The van der Waals surface area contributed by atoms with Crippen molar-refractivity contribution in [2.24, 2.45) is 5.92 Å². The molecule has 2 heteroatoms. The monoisotopic (exact) mass is 392 g/mol. The lowest BCUT2D eigenvalue weighted by Gasteiger charge is -2.36. The van der Waals surface area contributed by atoms with Crippen molar-refractivity contribution in [3.8, 4) is 0 Å². The molecule has 0 radical (unpaired) electrons. The fourth-order valence-corrected chi connectivity index (χ4v) is 4.57. The minimum atomic E-state index is 0.592. The largest absolute Gasteiger partial charge is 0.356 e. The summed E-state index contributed by atoms with van der Waals surface area (Å²) in [7, 11) is 0. The lowest BCUT2D eigenvalue weighted by Crippen LogP contribution is -2.43. The minimum absolute atomic E-state index is 0.592. The Labute approximate surface area is 178 Å². The summed E-state index contributed by atoms with van der Waals surface area (Å²) < 4.78 is 0. The lowest BCUT2D eigenvalue weighted by atomic mass is 10.1. The molecule has 1 atom stereocenters. The van der Waals surface area contributed by atoms with Crippen LogP contribution in [0.2, 0.25) is 0 Å². The van der Waals surface area contributed by atoms with Gasteiger partial charge >= 0.3 is 0 Å². The van der Waals surface area contributed by atoms with E-state index < -0.39 is 0 Å². The molecular weight excluding hydrogens is 340 g/mol. The van der Waals surface area contributed by atoms with Crippen LogP contribution in [0.4, 0.5) is 0 Å². The maximum absolute atomic E-state index is 2.62. The van der Waals surface area contributed by atoms with Gasteiger partial charge in [0, 0.05) is 25.5 Å². The molecule has 0 fully saturated rings. The van der Waals surface area contributed by atoms with Gasteiger partial charge in [0.05, 0.1) is 0 Å². The Morgan fingerprint density at radius 3 is 1.18 bits per heavy atom. The zero-order valence-electron chi connectivity index (χ0n) is 19.9. The first-order valence-corrected chi connectivity index (χ1v) is 12.9. The average molecular weight is 393 g/mol. The van der Waals surface area contributed by atoms with E-state index in [1.54, 1.807) is 0 Å². The molecule has 1 unspecified atom stereocenters. The van der Waals surface area contributed by atoms with Crippen LogP contribution >= 0.6 is 0 Å². The van der Waals surface area contributed by atoms with Crippen LogP contribution in [0.15, 0.2) is 12.4 Å². The molecule has 1 aliphatic rings. The molecule has 166 valence electrons. The van der Waals surface area contributed by atoms with Gasteiger partial charge in [-0.15, -0.1) is 0 Å². The van der Waals surface area contributed by atoms with Gasteiger partial charge in [0.2, 0.25) is 0 Å². The normalized spacial score (nSPS) is 16.7. The Morgan fingerprint density at radius 2 is 0.857 bits per heavy atom. The molecule has 0 saturated heterocycles. The van der Waals surface area contributed by atoms with Gasteiger partial charge in [-0.2, -0.15) is 0 Å². The van der Waals surface area contributed by atoms with E-state index in [1.165, 1.54) is 116 Å². The molecule has 0 saturated carbocycles. The Hall–Kier alpha value is -0.660. The molecule has 1 aliphatic heterocycles. The van der Waals surface area contributed by atoms with Gasteiger partial charge in [0.25, 0.3) is 0 Å². The number of nitrogens with zero attached hydrogens (tertiary/aromatic N) is 2. The highest BCUT2D eigenvalue weighted by atomic mass is 15.4. The molecule has 0 aromatic rings. The van der Waals surface area contributed by atoms with Gasteiger partial charge in [0.15, 0.2) is 0 Å². The second-order valence-electron chi connectivity index (χ2n) is 9.38. The van der Waals surface area contributed by atoms with Crippen molar-refractivity contribution >= 4 is 0 Å². The summed E-state index contributed by atoms with van der Waals surface area (Å²) in [4.78, 5) is 5.23. The summed E-state index contributed by atoms with van der Waals surface area (Å²) in [6.07, 6.45) is 27.9. The minimum Gasteiger partial charge on any atom is -0.356 e. The van der Waals surface area contributed by atoms with Gasteiger partial charge in [0.1, 0.15) is 6.17 Å². The highest BCUT2D eigenvalue weighted by Crippen LogP contribution is 2.24. The van der Waals surface area contributed by atoms with Crippen LogP contribution in [0.3, 0.4) is 0 Å². The van der Waals surface area contributed by atoms with Crippen LogP contribution in [-0.2, 0) is 0 Å². The van der Waals surface area contributed by atoms with Gasteiger partial charge < -0.3 is 9.80 Å². The SMILES string of the molecule is CCCCCCCCCCCCN1C=CN(CCCCCCCC)C1C(C)C. The summed E-state index contributed by atoms with van der Waals surface area (Å²) in [5.41, 5.74) is 0. The van der Waals surface area contributed by atoms with E-state index in [9.17, 15) is 0 Å². The fourth-order valence-electron chi connectivity index (χ4n) is 4.57. The van der Waals surface area contributed by atoms with Crippen molar-refractivity contribution in [3.63, 3.8) is 0 Å². The highest BCUT2D eigenvalue weighted by Gasteiger charge is 2.28. The van der Waals surface area contributed by atoms with E-state index in [1.807, 2.05) is 0 Å². The second-order valence-corrected chi connectivity index (χ2v) is 9.38. The molecular formula is C26H52N2. The van der Waals surface area contributed by atoms with Gasteiger partial charge in [-0.3, -0.25) is 0 Å². The molecule has 28 heavy (non-hydrogen) atoms. The van der Waals surface area contributed by atoms with Crippen LogP contribution in [-0.4, -0.2) is 29.1 Å². The van der Waals surface area contributed by atoms with Crippen LogP contribution in [0.25, 0.3) is 0 Å². The Kier molecular flexibility index (Phi) is 15.6. The van der Waals surface area contributed by atoms with E-state index in [-0.39, 0.29) is 0 Å². The maximum Gasteiger partial charge on any atom is 0.103 e.